The molecule has 2 rings (SSSR count). The van der Waals surface area contributed by atoms with E-state index in [-0.39, 0.29) is 5.91 Å². The number of hydrogen-bond acceptors (Lipinski definition) is 5. The van der Waals surface area contributed by atoms with E-state index in [9.17, 15) is 4.79 Å². The summed E-state index contributed by atoms with van der Waals surface area (Å²) in [7, 11) is 3.94. The van der Waals surface area contributed by atoms with Gasteiger partial charge in [-0.05, 0) is 26.9 Å². The highest BCUT2D eigenvalue weighted by atomic mass is 16.1. The molecule has 6 heteroatoms. The molecule has 1 aliphatic carbocycles. The summed E-state index contributed by atoms with van der Waals surface area (Å²) in [6, 6.07) is 0.504. The van der Waals surface area contributed by atoms with E-state index < -0.39 is 0 Å². The smallest absolute Gasteiger partial charge is 0.271 e. The van der Waals surface area contributed by atoms with Crippen molar-refractivity contribution in [3.63, 3.8) is 0 Å². The number of rotatable bonds is 6. The van der Waals surface area contributed by atoms with Crippen LogP contribution in [0.4, 0.5) is 5.82 Å². The lowest BCUT2D eigenvalue weighted by molar-refractivity contribution is 0.0945. The third-order valence-electron chi connectivity index (χ3n) is 3.44. The van der Waals surface area contributed by atoms with Gasteiger partial charge in [-0.2, -0.15) is 0 Å². The molecule has 0 atom stereocenters. The van der Waals surface area contributed by atoms with Gasteiger partial charge in [-0.3, -0.25) is 4.79 Å². The van der Waals surface area contributed by atoms with Crippen LogP contribution in [0.5, 0.6) is 0 Å². The molecule has 1 aromatic heterocycles. The quantitative estimate of drug-likeness (QED) is 0.815. The fraction of sp³-hybridized carbons (Fsp3) is 0.643. The van der Waals surface area contributed by atoms with E-state index in [1.54, 1.807) is 6.20 Å². The summed E-state index contributed by atoms with van der Waals surface area (Å²) in [6.07, 6.45) is 8.10. The van der Waals surface area contributed by atoms with E-state index >= 15 is 0 Å². The maximum Gasteiger partial charge on any atom is 0.271 e. The molecule has 2 N–H and O–H groups in total. The summed E-state index contributed by atoms with van der Waals surface area (Å²) in [4.78, 5) is 22.3. The van der Waals surface area contributed by atoms with Crippen molar-refractivity contribution in [2.45, 2.75) is 31.7 Å². The Kier molecular flexibility index (Phi) is 5.29. The average Bonchev–Trinajstić information content (AvgIpc) is 2.92. The van der Waals surface area contributed by atoms with Gasteiger partial charge < -0.3 is 15.5 Å². The Balaban J connectivity index is 1.82. The molecule has 110 valence electrons. The van der Waals surface area contributed by atoms with Crippen LogP contribution in [0, 0.1) is 0 Å². The lowest BCUT2D eigenvalue weighted by Crippen LogP contribution is -2.31. The van der Waals surface area contributed by atoms with Crippen molar-refractivity contribution >= 4 is 11.7 Å². The molecule has 20 heavy (non-hydrogen) atoms. The first-order chi connectivity index (χ1) is 9.65. The van der Waals surface area contributed by atoms with Crippen molar-refractivity contribution in [3.05, 3.63) is 18.1 Å². The van der Waals surface area contributed by atoms with Crippen LogP contribution < -0.4 is 10.6 Å². The van der Waals surface area contributed by atoms with Crippen LogP contribution in [0.1, 0.15) is 36.2 Å². The molecule has 1 fully saturated rings. The molecule has 0 aromatic carbocycles. The predicted octanol–water partition coefficient (Wildman–Crippen LogP) is 1.12. The fourth-order valence-corrected chi connectivity index (χ4v) is 2.28. The number of aromatic nitrogens is 2. The first-order valence-corrected chi connectivity index (χ1v) is 7.16. The molecule has 0 radical (unpaired) electrons. The number of likely N-dealkylation sites (N-methyl/N-ethyl adjacent to an activating group) is 1. The molecule has 1 heterocycles. The summed E-state index contributed by atoms with van der Waals surface area (Å²) >= 11 is 0. The van der Waals surface area contributed by atoms with Crippen molar-refractivity contribution in [3.8, 4) is 0 Å². The normalized spacial score (nSPS) is 15.6. The highest BCUT2D eigenvalue weighted by Gasteiger charge is 2.15. The third-order valence-corrected chi connectivity index (χ3v) is 3.44. The van der Waals surface area contributed by atoms with Gasteiger partial charge in [-0.1, -0.05) is 12.8 Å². The van der Waals surface area contributed by atoms with Gasteiger partial charge in [0.2, 0.25) is 0 Å². The molecule has 1 amide bonds. The summed E-state index contributed by atoms with van der Waals surface area (Å²) < 4.78 is 0. The van der Waals surface area contributed by atoms with Crippen LogP contribution in [-0.4, -0.2) is 54.0 Å². The summed E-state index contributed by atoms with van der Waals surface area (Å²) in [6.45, 7) is 1.41. The number of nitrogens with zero attached hydrogens (tertiary/aromatic N) is 3. The Bertz CT molecular complexity index is 426. The van der Waals surface area contributed by atoms with E-state index in [4.69, 9.17) is 0 Å². The molecular weight excluding hydrogens is 254 g/mol. The fourth-order valence-electron chi connectivity index (χ4n) is 2.28. The number of carbonyl (C=O) groups is 1. The lowest BCUT2D eigenvalue weighted by atomic mass is 10.2. The zero-order chi connectivity index (χ0) is 14.4. The largest absolute Gasteiger partial charge is 0.366 e. The number of hydrogen-bond donors (Lipinski definition) is 2. The Morgan fingerprint density at radius 1 is 1.30 bits per heavy atom. The Labute approximate surface area is 120 Å². The summed E-state index contributed by atoms with van der Waals surface area (Å²) in [5.41, 5.74) is 0.362. The second-order valence-electron chi connectivity index (χ2n) is 5.47. The Hall–Kier alpha value is -1.69. The molecule has 0 bridgehead atoms. The van der Waals surface area contributed by atoms with Gasteiger partial charge in [0.05, 0.1) is 12.4 Å². The minimum atomic E-state index is -0.174. The molecular formula is C14H23N5O. The van der Waals surface area contributed by atoms with Crippen LogP contribution in [0.3, 0.4) is 0 Å². The van der Waals surface area contributed by atoms with E-state index in [1.165, 1.54) is 31.9 Å². The van der Waals surface area contributed by atoms with E-state index in [0.29, 0.717) is 18.3 Å². The molecule has 0 spiro atoms. The predicted molar refractivity (Wildman–Crippen MR) is 78.8 cm³/mol. The number of carbonyl (C=O) groups excluding carboxylic acids is 1. The van der Waals surface area contributed by atoms with Crippen LogP contribution >= 0.6 is 0 Å². The number of amides is 1. The zero-order valence-corrected chi connectivity index (χ0v) is 12.2. The average molecular weight is 277 g/mol. The molecule has 1 aliphatic rings. The SMILES string of the molecule is CN(C)CCNC(=O)c1cnc(NC2CCCC2)cn1. The Morgan fingerprint density at radius 3 is 2.65 bits per heavy atom. The summed E-state index contributed by atoms with van der Waals surface area (Å²) in [5.74, 6) is 0.577. The maximum absolute atomic E-state index is 11.8. The zero-order valence-electron chi connectivity index (χ0n) is 12.2. The number of anilines is 1. The standard InChI is InChI=1S/C14H23N5O/c1-19(2)8-7-15-14(20)12-9-17-13(10-16-12)18-11-5-3-4-6-11/h9-11H,3-8H2,1-2H3,(H,15,20)(H,17,18). The van der Waals surface area contributed by atoms with Crippen molar-refractivity contribution in [1.82, 2.24) is 20.2 Å². The highest BCUT2D eigenvalue weighted by Crippen LogP contribution is 2.20. The van der Waals surface area contributed by atoms with Gasteiger partial charge >= 0.3 is 0 Å². The van der Waals surface area contributed by atoms with Crippen LogP contribution in [0.2, 0.25) is 0 Å². The van der Waals surface area contributed by atoms with Crippen LogP contribution in [-0.2, 0) is 0 Å². The first kappa shape index (κ1) is 14.7. The van der Waals surface area contributed by atoms with Crippen LogP contribution in [0.15, 0.2) is 12.4 Å². The molecule has 0 saturated heterocycles. The minimum Gasteiger partial charge on any atom is -0.366 e. The topological polar surface area (TPSA) is 70.2 Å². The van der Waals surface area contributed by atoms with Gasteiger partial charge in [0, 0.05) is 19.1 Å². The van der Waals surface area contributed by atoms with E-state index in [0.717, 1.165) is 12.4 Å². The second-order valence-corrected chi connectivity index (χ2v) is 5.47. The van der Waals surface area contributed by atoms with Crippen LogP contribution in [0.25, 0.3) is 0 Å². The summed E-state index contributed by atoms with van der Waals surface area (Å²) in [5, 5.41) is 6.17. The van der Waals surface area contributed by atoms with Gasteiger partial charge in [-0.25, -0.2) is 9.97 Å². The van der Waals surface area contributed by atoms with Gasteiger partial charge in [0.1, 0.15) is 11.5 Å². The van der Waals surface area contributed by atoms with Gasteiger partial charge in [-0.15, -0.1) is 0 Å². The second kappa shape index (κ2) is 7.19. The first-order valence-electron chi connectivity index (χ1n) is 7.16. The van der Waals surface area contributed by atoms with Crippen molar-refractivity contribution in [1.29, 1.82) is 0 Å². The molecule has 0 unspecified atom stereocenters. The lowest BCUT2D eigenvalue weighted by Gasteiger charge is -2.12. The number of nitrogens with one attached hydrogen (secondary N) is 2. The molecule has 1 aromatic rings. The van der Waals surface area contributed by atoms with Crippen molar-refractivity contribution in [2.24, 2.45) is 0 Å². The molecule has 6 nitrogen and oxygen atoms in total. The van der Waals surface area contributed by atoms with Gasteiger partial charge in [0.15, 0.2) is 0 Å². The van der Waals surface area contributed by atoms with E-state index in [2.05, 4.69) is 20.6 Å². The van der Waals surface area contributed by atoms with Gasteiger partial charge in [0.25, 0.3) is 5.91 Å². The van der Waals surface area contributed by atoms with Crippen molar-refractivity contribution < 1.29 is 4.79 Å². The molecule has 1 saturated carbocycles. The highest BCUT2D eigenvalue weighted by molar-refractivity contribution is 5.91. The van der Waals surface area contributed by atoms with Crippen molar-refractivity contribution in [2.75, 3.05) is 32.5 Å². The Morgan fingerprint density at radius 2 is 2.05 bits per heavy atom. The third kappa shape index (κ3) is 4.45. The maximum atomic E-state index is 11.8. The molecule has 0 aliphatic heterocycles. The minimum absolute atomic E-state index is 0.174. The monoisotopic (exact) mass is 277 g/mol. The van der Waals surface area contributed by atoms with E-state index in [1.807, 2.05) is 19.0 Å².